The zero-order valence-corrected chi connectivity index (χ0v) is 38.9. The van der Waals surface area contributed by atoms with E-state index in [0.29, 0.717) is 16.8 Å². The lowest BCUT2D eigenvalue weighted by Gasteiger charge is -2.26. The summed E-state index contributed by atoms with van der Waals surface area (Å²) in [5.74, 6) is 0. The van der Waals surface area contributed by atoms with E-state index in [9.17, 15) is 11.8 Å². The van der Waals surface area contributed by atoms with Crippen LogP contribution in [0.25, 0.3) is 143 Å². The Balaban J connectivity index is 1.27. The SMILES string of the molecule is [C-]#[N+]c1c(-c2ccccc2)c(C#N)c(-n2c3c(ccc4c5ccccc5sc43)c3ccc4c5ccccc5sc4c32)c(-c2ccccc2)c1-n1c2ccccc2c2ccc3c4ccccc4sc3c21. The number of rotatable bonds is 4. The van der Waals surface area contributed by atoms with Gasteiger partial charge in [-0.15, -0.1) is 34.0 Å². The summed E-state index contributed by atoms with van der Waals surface area (Å²) in [4.78, 5) is 4.61. The number of thiophene rings is 3. The molecule has 0 fully saturated rings. The van der Waals surface area contributed by atoms with E-state index in [1.807, 2.05) is 24.3 Å². The summed E-state index contributed by atoms with van der Waals surface area (Å²) in [6.45, 7) is 9.42. The molecule has 10 aromatic carbocycles. The minimum absolute atomic E-state index is 0.431. The Morgan fingerprint density at radius 1 is 0.377 bits per heavy atom. The fourth-order valence-electron chi connectivity index (χ4n) is 11.4. The van der Waals surface area contributed by atoms with Crippen LogP contribution in [0.1, 0.15) is 5.56 Å². The molecule has 0 unspecified atom stereocenters. The molecule has 0 N–H and O–H groups in total. The summed E-state index contributed by atoms with van der Waals surface area (Å²) >= 11 is 5.41. The number of benzene rings is 10. The van der Waals surface area contributed by atoms with Gasteiger partial charge in [0.25, 0.3) is 0 Å². The molecule has 4 nitrogen and oxygen atoms in total. The molecule has 0 saturated carbocycles. The van der Waals surface area contributed by atoms with Crippen molar-refractivity contribution in [1.29, 1.82) is 5.26 Å². The molecule has 15 rings (SSSR count). The lowest BCUT2D eigenvalue weighted by molar-refractivity contribution is 1.14. The fourth-order valence-corrected chi connectivity index (χ4v) is 15.1. The third kappa shape index (κ3) is 5.19. The van der Waals surface area contributed by atoms with Gasteiger partial charge < -0.3 is 9.13 Å². The van der Waals surface area contributed by atoms with Crippen molar-refractivity contribution in [2.75, 3.05) is 0 Å². The maximum atomic E-state index is 12.2. The lowest BCUT2D eigenvalue weighted by Crippen LogP contribution is -2.09. The number of fused-ring (bicyclic) bond motifs is 18. The van der Waals surface area contributed by atoms with Crippen LogP contribution in [0.5, 0.6) is 0 Å². The molecular weight excluding hydrogens is 897 g/mol. The molecule has 15 aromatic rings. The van der Waals surface area contributed by atoms with Gasteiger partial charge in [0.05, 0.1) is 59.7 Å². The highest BCUT2D eigenvalue weighted by Gasteiger charge is 2.33. The maximum Gasteiger partial charge on any atom is 0.220 e. The first-order valence-electron chi connectivity index (χ1n) is 22.9. The van der Waals surface area contributed by atoms with Gasteiger partial charge in [-0.25, -0.2) is 4.85 Å². The Hall–Kier alpha value is -8.56. The van der Waals surface area contributed by atoms with E-state index >= 15 is 0 Å². The molecule has 0 aliphatic heterocycles. The van der Waals surface area contributed by atoms with E-state index in [1.165, 1.54) is 46.4 Å². The molecule has 69 heavy (non-hydrogen) atoms. The van der Waals surface area contributed by atoms with E-state index in [-0.39, 0.29) is 0 Å². The number of hydrogen-bond acceptors (Lipinski definition) is 4. The van der Waals surface area contributed by atoms with Gasteiger partial charge in [0.1, 0.15) is 6.07 Å². The highest BCUT2D eigenvalue weighted by molar-refractivity contribution is 7.27. The average Bonchev–Trinajstić information content (AvgIpc) is 4.23. The Kier molecular flexibility index (Phi) is 8.08. The predicted molar refractivity (Wildman–Crippen MR) is 296 cm³/mol. The van der Waals surface area contributed by atoms with Gasteiger partial charge in [0.15, 0.2) is 0 Å². The second-order valence-electron chi connectivity index (χ2n) is 17.6. The molecule has 0 atom stereocenters. The molecule has 318 valence electrons. The number of nitriles is 1. The van der Waals surface area contributed by atoms with Crippen LogP contribution in [0.3, 0.4) is 0 Å². The van der Waals surface area contributed by atoms with Gasteiger partial charge in [0, 0.05) is 79.1 Å². The second-order valence-corrected chi connectivity index (χ2v) is 20.8. The average molecular weight is 929 g/mol. The summed E-state index contributed by atoms with van der Waals surface area (Å²) in [5, 5.41) is 23.8. The minimum atomic E-state index is 0.431. The quantitative estimate of drug-likeness (QED) is 0.162. The Labute approximate surface area is 406 Å². The van der Waals surface area contributed by atoms with Crippen LogP contribution in [0, 0.1) is 17.9 Å². The van der Waals surface area contributed by atoms with Gasteiger partial charge in [-0.1, -0.05) is 170 Å². The fraction of sp³-hybridized carbons (Fsp3) is 0. The maximum absolute atomic E-state index is 12.2. The molecule has 5 aromatic heterocycles. The minimum Gasteiger partial charge on any atom is -0.317 e. The third-order valence-electron chi connectivity index (χ3n) is 14.2. The molecule has 0 spiro atoms. The number of nitrogens with zero attached hydrogens (tertiary/aromatic N) is 4. The van der Waals surface area contributed by atoms with Crippen molar-refractivity contribution >= 4 is 144 Å². The molecule has 0 saturated heterocycles. The topological polar surface area (TPSA) is 38.0 Å². The summed E-state index contributed by atoms with van der Waals surface area (Å²) in [5.41, 5.74) is 9.73. The van der Waals surface area contributed by atoms with Crippen molar-refractivity contribution in [3.8, 4) is 39.7 Å². The van der Waals surface area contributed by atoms with Crippen molar-refractivity contribution in [2.45, 2.75) is 0 Å². The zero-order chi connectivity index (χ0) is 45.5. The van der Waals surface area contributed by atoms with Crippen LogP contribution < -0.4 is 0 Å². The van der Waals surface area contributed by atoms with Crippen molar-refractivity contribution in [1.82, 2.24) is 9.13 Å². The summed E-state index contributed by atoms with van der Waals surface area (Å²) in [6, 6.07) is 71.8. The van der Waals surface area contributed by atoms with Crippen LogP contribution in [-0.4, -0.2) is 9.13 Å². The molecule has 0 bridgehead atoms. The van der Waals surface area contributed by atoms with Crippen molar-refractivity contribution in [3.63, 3.8) is 0 Å². The number of aromatic nitrogens is 2. The van der Waals surface area contributed by atoms with Gasteiger partial charge in [0.2, 0.25) is 5.69 Å². The van der Waals surface area contributed by atoms with Crippen LogP contribution in [0.2, 0.25) is 0 Å². The molecule has 0 aliphatic rings. The molecule has 0 amide bonds. The van der Waals surface area contributed by atoms with Crippen LogP contribution in [0.4, 0.5) is 5.69 Å². The van der Waals surface area contributed by atoms with Gasteiger partial charge >= 0.3 is 0 Å². The van der Waals surface area contributed by atoms with Crippen LogP contribution >= 0.6 is 34.0 Å². The molecule has 7 heteroatoms. The second kappa shape index (κ2) is 14.5. The van der Waals surface area contributed by atoms with Crippen molar-refractivity contribution in [2.24, 2.45) is 0 Å². The Bertz CT molecular complexity index is 4670. The largest absolute Gasteiger partial charge is 0.317 e. The standard InChI is InChI=1S/C62H32N4S3/c1-64-54-52(35-16-4-2-5-17-35)47(34-63)55(66-57-42(29-32-45-39-22-10-14-26-50(39)68-61(45)57)43-30-33-46-40-23-11-15-27-51(40)69-62(46)58(43)66)53(36-18-6-3-7-19-36)59(54)65-48-24-12-8-20-37(48)41-28-31-44-38-21-9-13-25-49(38)67-60(44)56(41)65/h2-33H. The first-order valence-corrected chi connectivity index (χ1v) is 25.3. The van der Waals surface area contributed by atoms with Crippen LogP contribution in [-0.2, 0) is 0 Å². The molecule has 0 radical (unpaired) electrons. The first-order chi connectivity index (χ1) is 34.2. The molecule has 5 heterocycles. The van der Waals surface area contributed by atoms with E-state index in [4.69, 9.17) is 0 Å². The first kappa shape index (κ1) is 38.5. The van der Waals surface area contributed by atoms with Gasteiger partial charge in [-0.05, 0) is 35.4 Å². The highest BCUT2D eigenvalue weighted by atomic mass is 32.1. The van der Waals surface area contributed by atoms with Crippen molar-refractivity contribution in [3.05, 3.63) is 211 Å². The Morgan fingerprint density at radius 3 is 1.25 bits per heavy atom. The van der Waals surface area contributed by atoms with E-state index in [0.717, 1.165) is 85.8 Å². The summed E-state index contributed by atoms with van der Waals surface area (Å²) in [7, 11) is 0. The van der Waals surface area contributed by atoms with Crippen molar-refractivity contribution < 1.29 is 0 Å². The smallest absolute Gasteiger partial charge is 0.220 e. The van der Waals surface area contributed by atoms with E-state index in [2.05, 4.69) is 190 Å². The van der Waals surface area contributed by atoms with Gasteiger partial charge in [-0.2, -0.15) is 5.26 Å². The monoisotopic (exact) mass is 928 g/mol. The highest BCUT2D eigenvalue weighted by Crippen LogP contribution is 2.55. The predicted octanol–water partition coefficient (Wildman–Crippen LogP) is 18.7. The summed E-state index contributed by atoms with van der Waals surface area (Å²) < 4.78 is 11.9. The normalized spacial score (nSPS) is 12.0. The zero-order valence-electron chi connectivity index (χ0n) is 36.5. The summed E-state index contributed by atoms with van der Waals surface area (Å²) in [6.07, 6.45) is 0. The van der Waals surface area contributed by atoms with E-state index in [1.54, 1.807) is 34.0 Å². The molecule has 0 aliphatic carbocycles. The lowest BCUT2D eigenvalue weighted by atomic mass is 9.88. The van der Waals surface area contributed by atoms with E-state index < -0.39 is 0 Å². The third-order valence-corrected chi connectivity index (χ3v) is 17.8. The van der Waals surface area contributed by atoms with Gasteiger partial charge in [-0.3, -0.25) is 0 Å². The Morgan fingerprint density at radius 2 is 0.768 bits per heavy atom. The molecular formula is C62H32N4S3. The number of para-hydroxylation sites is 1. The number of hydrogen-bond donors (Lipinski definition) is 0. The van der Waals surface area contributed by atoms with Crippen LogP contribution in [0.15, 0.2) is 194 Å².